The maximum Gasteiger partial charge on any atom is 0.326 e. The number of halogens is 1. The Kier molecular flexibility index (Phi) is 6.36. The van der Waals surface area contributed by atoms with Gasteiger partial charge in [0.25, 0.3) is 0 Å². The van der Waals surface area contributed by atoms with Gasteiger partial charge in [0, 0.05) is 42.7 Å². The number of nitrogens with one attached hydrogen (secondary N) is 3. The summed E-state index contributed by atoms with van der Waals surface area (Å²) in [5.41, 5.74) is 7.77. The average molecular weight is 507 g/mol. The molecule has 1 atom stereocenters. The number of hydrogen-bond acceptors (Lipinski definition) is 4. The number of hydrogen-bond donors (Lipinski definition) is 4. The van der Waals surface area contributed by atoms with Gasteiger partial charge in [0.2, 0.25) is 11.8 Å². The first-order valence-electron chi connectivity index (χ1n) is 12.4. The number of para-hydroxylation sites is 2. The highest BCUT2D eigenvalue weighted by Gasteiger charge is 2.33. The minimum atomic E-state index is -1.17. The number of aromatic nitrogens is 3. The summed E-state index contributed by atoms with van der Waals surface area (Å²) in [6.07, 6.45) is 3.13. The van der Waals surface area contributed by atoms with Gasteiger partial charge in [-0.05, 0) is 62.6 Å². The van der Waals surface area contributed by atoms with Crippen LogP contribution in [0.25, 0.3) is 21.9 Å². The normalized spacial score (nSPS) is 15.8. The Morgan fingerprint density at radius 3 is 2.62 bits per heavy atom. The van der Waals surface area contributed by atoms with Crippen molar-refractivity contribution in [1.82, 2.24) is 24.8 Å². The van der Waals surface area contributed by atoms with Gasteiger partial charge in [-0.25, -0.2) is 9.18 Å². The summed E-state index contributed by atoms with van der Waals surface area (Å²) in [6.45, 7) is 4.04. The van der Waals surface area contributed by atoms with Gasteiger partial charge in [0.1, 0.15) is 11.9 Å². The molecule has 37 heavy (non-hydrogen) atoms. The largest absolute Gasteiger partial charge is 0.361 e. The van der Waals surface area contributed by atoms with E-state index in [0.717, 1.165) is 22.1 Å². The van der Waals surface area contributed by atoms with Crippen LogP contribution in [0.2, 0.25) is 0 Å². The number of piperidine rings is 1. The molecular weight excluding hydrogens is 475 g/mol. The number of aromatic amines is 2. The van der Waals surface area contributed by atoms with E-state index < -0.39 is 17.5 Å². The van der Waals surface area contributed by atoms with E-state index >= 15 is 0 Å². The molecule has 2 aromatic carbocycles. The zero-order valence-corrected chi connectivity index (χ0v) is 20.9. The van der Waals surface area contributed by atoms with E-state index in [2.05, 4.69) is 15.3 Å². The molecule has 0 spiro atoms. The highest BCUT2D eigenvalue weighted by Crippen LogP contribution is 2.26. The highest BCUT2D eigenvalue weighted by molar-refractivity contribution is 5.92. The minimum Gasteiger partial charge on any atom is -0.361 e. The molecule has 5 rings (SSSR count). The van der Waals surface area contributed by atoms with Crippen LogP contribution >= 0.6 is 0 Å². The van der Waals surface area contributed by atoms with Crippen LogP contribution in [0.5, 0.6) is 0 Å². The Balaban J connectivity index is 1.36. The first-order chi connectivity index (χ1) is 17.6. The van der Waals surface area contributed by atoms with Crippen molar-refractivity contribution in [1.29, 1.82) is 0 Å². The van der Waals surface area contributed by atoms with Gasteiger partial charge in [-0.15, -0.1) is 0 Å². The van der Waals surface area contributed by atoms with E-state index in [1.165, 1.54) is 12.1 Å². The second-order valence-corrected chi connectivity index (χ2v) is 10.3. The van der Waals surface area contributed by atoms with Crippen molar-refractivity contribution < 1.29 is 14.0 Å². The average Bonchev–Trinajstić information content (AvgIpc) is 3.42. The van der Waals surface area contributed by atoms with Crippen LogP contribution in [0, 0.1) is 5.82 Å². The standard InChI is InChI=1S/C27H31FN6O3/c1-27(2,29)25(36)31-22(13-16-15-30-20-8-7-17(28)14-19(16)20)24(35)33-11-9-18(10-12-33)34-23-6-4-3-5-21(23)32-26(34)37/h3-8,14-15,18,22,30H,9-13,29H2,1-2H3,(H,31,36)(H,32,37). The summed E-state index contributed by atoms with van der Waals surface area (Å²) in [7, 11) is 0. The van der Waals surface area contributed by atoms with Gasteiger partial charge < -0.3 is 25.9 Å². The molecule has 0 radical (unpaired) electrons. The number of likely N-dealkylation sites (tertiary alicyclic amines) is 1. The molecule has 1 aliphatic heterocycles. The molecule has 3 heterocycles. The van der Waals surface area contributed by atoms with E-state index in [1.54, 1.807) is 35.6 Å². The molecule has 1 saturated heterocycles. The molecular formula is C27H31FN6O3. The van der Waals surface area contributed by atoms with Crippen molar-refractivity contribution in [3.8, 4) is 0 Å². The first kappa shape index (κ1) is 24.8. The van der Waals surface area contributed by atoms with Crippen LogP contribution in [-0.2, 0) is 16.0 Å². The van der Waals surface area contributed by atoms with Crippen molar-refractivity contribution in [3.63, 3.8) is 0 Å². The second kappa shape index (κ2) is 9.51. The lowest BCUT2D eigenvalue weighted by atomic mass is 9.99. The first-order valence-corrected chi connectivity index (χ1v) is 12.4. The van der Waals surface area contributed by atoms with Crippen LogP contribution in [0.1, 0.15) is 38.3 Å². The molecule has 0 bridgehead atoms. The Hall–Kier alpha value is -3.92. The Bertz CT molecular complexity index is 1520. The van der Waals surface area contributed by atoms with Crippen molar-refractivity contribution >= 4 is 33.8 Å². The molecule has 2 aromatic heterocycles. The van der Waals surface area contributed by atoms with Gasteiger partial charge in [0.15, 0.2) is 0 Å². The number of benzene rings is 2. The third kappa shape index (κ3) is 4.89. The van der Waals surface area contributed by atoms with Crippen LogP contribution in [0.3, 0.4) is 0 Å². The van der Waals surface area contributed by atoms with E-state index in [-0.39, 0.29) is 29.9 Å². The Morgan fingerprint density at radius 1 is 1.16 bits per heavy atom. The summed E-state index contributed by atoms with van der Waals surface area (Å²) >= 11 is 0. The van der Waals surface area contributed by atoms with E-state index in [1.807, 2.05) is 24.3 Å². The number of rotatable bonds is 6. The lowest BCUT2D eigenvalue weighted by Crippen LogP contribution is -2.57. The molecule has 9 nitrogen and oxygen atoms in total. The van der Waals surface area contributed by atoms with Crippen molar-refractivity contribution in [2.75, 3.05) is 13.1 Å². The van der Waals surface area contributed by atoms with Crippen LogP contribution in [-0.4, -0.2) is 55.9 Å². The lowest BCUT2D eigenvalue weighted by molar-refractivity contribution is -0.138. The molecule has 4 aromatic rings. The fourth-order valence-corrected chi connectivity index (χ4v) is 5.09. The molecule has 5 N–H and O–H groups in total. The molecule has 2 amide bonds. The van der Waals surface area contributed by atoms with Crippen molar-refractivity contribution in [2.45, 2.75) is 50.7 Å². The molecule has 0 aliphatic carbocycles. The second-order valence-electron chi connectivity index (χ2n) is 10.3. The number of carbonyl (C=O) groups excluding carboxylic acids is 2. The molecule has 0 saturated carbocycles. The number of amides is 2. The van der Waals surface area contributed by atoms with E-state index in [9.17, 15) is 18.8 Å². The number of fused-ring (bicyclic) bond motifs is 2. The third-order valence-electron chi connectivity index (χ3n) is 7.11. The van der Waals surface area contributed by atoms with Crippen LogP contribution in [0.4, 0.5) is 4.39 Å². The molecule has 1 unspecified atom stereocenters. The van der Waals surface area contributed by atoms with Crippen LogP contribution < -0.4 is 16.7 Å². The monoisotopic (exact) mass is 506 g/mol. The molecule has 1 fully saturated rings. The van der Waals surface area contributed by atoms with Gasteiger partial charge in [0.05, 0.1) is 16.6 Å². The predicted octanol–water partition coefficient (Wildman–Crippen LogP) is 2.58. The van der Waals surface area contributed by atoms with Gasteiger partial charge in [-0.2, -0.15) is 0 Å². The number of carbonyl (C=O) groups is 2. The summed E-state index contributed by atoms with van der Waals surface area (Å²) in [6, 6.07) is 11.1. The van der Waals surface area contributed by atoms with Gasteiger partial charge in [-0.3, -0.25) is 14.2 Å². The molecule has 194 valence electrons. The quantitative estimate of drug-likeness (QED) is 0.320. The third-order valence-corrected chi connectivity index (χ3v) is 7.11. The van der Waals surface area contributed by atoms with Crippen molar-refractivity contribution in [3.05, 3.63) is 70.5 Å². The fraction of sp³-hybridized carbons (Fsp3) is 0.370. The number of nitrogens with zero attached hydrogens (tertiary/aromatic N) is 2. The summed E-state index contributed by atoms with van der Waals surface area (Å²) in [4.78, 5) is 46.8. The Morgan fingerprint density at radius 2 is 1.89 bits per heavy atom. The van der Waals surface area contributed by atoms with Crippen LogP contribution in [0.15, 0.2) is 53.5 Å². The summed E-state index contributed by atoms with van der Waals surface area (Å²) in [5, 5.41) is 3.48. The fourth-order valence-electron chi connectivity index (χ4n) is 5.09. The highest BCUT2D eigenvalue weighted by atomic mass is 19.1. The SMILES string of the molecule is CC(C)(N)C(=O)NC(Cc1c[nH]c2ccc(F)cc12)C(=O)N1CCC(n2c(=O)[nH]c3ccccc32)CC1. The smallest absolute Gasteiger partial charge is 0.326 e. The van der Waals surface area contributed by atoms with Gasteiger partial charge in [-0.1, -0.05) is 12.1 Å². The maximum atomic E-state index is 13.9. The zero-order valence-electron chi connectivity index (χ0n) is 20.9. The lowest BCUT2D eigenvalue weighted by Gasteiger charge is -2.35. The summed E-state index contributed by atoms with van der Waals surface area (Å²) < 4.78 is 15.7. The molecule has 10 heteroatoms. The zero-order chi connectivity index (χ0) is 26.3. The van der Waals surface area contributed by atoms with E-state index in [4.69, 9.17) is 5.73 Å². The number of imidazole rings is 1. The number of nitrogens with two attached hydrogens (primary N) is 1. The number of H-pyrrole nitrogens is 2. The molecule has 1 aliphatic rings. The minimum absolute atomic E-state index is 0.0414. The topological polar surface area (TPSA) is 129 Å². The maximum absolute atomic E-state index is 13.9. The van der Waals surface area contributed by atoms with E-state index in [0.29, 0.717) is 31.3 Å². The van der Waals surface area contributed by atoms with Gasteiger partial charge >= 0.3 is 5.69 Å². The summed E-state index contributed by atoms with van der Waals surface area (Å²) in [5.74, 6) is -1.05. The Labute approximate surface area is 212 Å². The van der Waals surface area contributed by atoms with Crippen molar-refractivity contribution in [2.24, 2.45) is 5.73 Å². The predicted molar refractivity (Wildman–Crippen MR) is 140 cm³/mol.